The lowest BCUT2D eigenvalue weighted by molar-refractivity contribution is 0.141. The van der Waals surface area contributed by atoms with Gasteiger partial charge in [-0.2, -0.15) is 0 Å². The van der Waals surface area contributed by atoms with Gasteiger partial charge in [-0.25, -0.2) is 4.39 Å². The fraction of sp³-hybridized carbons (Fsp3) is 0.625. The summed E-state index contributed by atoms with van der Waals surface area (Å²) in [5, 5.41) is 3.26. The lowest BCUT2D eigenvalue weighted by Crippen LogP contribution is -2.38. The molecule has 3 heteroatoms. The lowest BCUT2D eigenvalue weighted by atomic mass is 9.94. The van der Waals surface area contributed by atoms with E-state index in [-0.39, 0.29) is 5.82 Å². The summed E-state index contributed by atoms with van der Waals surface area (Å²) < 4.78 is 13.6. The molecule has 0 aliphatic carbocycles. The van der Waals surface area contributed by atoms with E-state index in [0.29, 0.717) is 6.04 Å². The zero-order valence-corrected chi connectivity index (χ0v) is 12.2. The number of aryl methyl sites for hydroxylation is 1. The highest BCUT2D eigenvalue weighted by Gasteiger charge is 2.23. The number of nitrogens with one attached hydrogen (secondary N) is 1. The Bertz CT molecular complexity index is 411. The van der Waals surface area contributed by atoms with E-state index < -0.39 is 0 Å². The van der Waals surface area contributed by atoms with Crippen LogP contribution < -0.4 is 5.32 Å². The van der Waals surface area contributed by atoms with Crippen molar-refractivity contribution in [1.29, 1.82) is 0 Å². The highest BCUT2D eigenvalue weighted by atomic mass is 19.1. The second-order valence-corrected chi connectivity index (χ2v) is 5.72. The summed E-state index contributed by atoms with van der Waals surface area (Å²) in [6.45, 7) is 7.34. The van der Waals surface area contributed by atoms with E-state index >= 15 is 0 Å². The van der Waals surface area contributed by atoms with E-state index in [1.165, 1.54) is 12.8 Å². The summed E-state index contributed by atoms with van der Waals surface area (Å²) >= 11 is 0. The van der Waals surface area contributed by atoms with Crippen LogP contribution in [-0.4, -0.2) is 31.6 Å². The highest BCUT2D eigenvalue weighted by Crippen LogP contribution is 2.27. The maximum absolute atomic E-state index is 13.6. The molecule has 0 radical (unpaired) electrons. The number of likely N-dealkylation sites (tertiary alicyclic amines) is 1. The first kappa shape index (κ1) is 14.5. The van der Waals surface area contributed by atoms with Gasteiger partial charge in [0.2, 0.25) is 0 Å². The van der Waals surface area contributed by atoms with Gasteiger partial charge in [-0.05, 0) is 76.5 Å². The predicted octanol–water partition coefficient (Wildman–Crippen LogP) is 3.13. The van der Waals surface area contributed by atoms with Crippen molar-refractivity contribution in [3.63, 3.8) is 0 Å². The normalized spacial score (nSPS) is 19.6. The van der Waals surface area contributed by atoms with Crippen LogP contribution in [0, 0.1) is 18.7 Å². The number of rotatable bonds is 4. The first-order chi connectivity index (χ1) is 9.11. The lowest BCUT2D eigenvalue weighted by Gasteiger charge is -2.36. The molecular formula is C16H25FN2. The summed E-state index contributed by atoms with van der Waals surface area (Å²) in [7, 11) is 2.02. The minimum absolute atomic E-state index is 0.0885. The van der Waals surface area contributed by atoms with Gasteiger partial charge in [0, 0.05) is 6.04 Å². The van der Waals surface area contributed by atoms with Gasteiger partial charge in [-0.1, -0.05) is 12.1 Å². The number of hydrogen-bond acceptors (Lipinski definition) is 2. The summed E-state index contributed by atoms with van der Waals surface area (Å²) in [6.07, 6.45) is 2.47. The third kappa shape index (κ3) is 3.54. The number of nitrogens with zero attached hydrogens (tertiary/aromatic N) is 1. The molecule has 1 heterocycles. The van der Waals surface area contributed by atoms with Gasteiger partial charge in [0.25, 0.3) is 0 Å². The SMILES string of the molecule is CNCC1CCN(C(C)c2ccc(C)c(F)c2)CC1. The molecular weight excluding hydrogens is 239 g/mol. The molecule has 1 aliphatic rings. The first-order valence-corrected chi connectivity index (χ1v) is 7.26. The predicted molar refractivity (Wildman–Crippen MR) is 77.8 cm³/mol. The van der Waals surface area contributed by atoms with Gasteiger partial charge in [0.05, 0.1) is 0 Å². The second kappa shape index (κ2) is 6.49. The highest BCUT2D eigenvalue weighted by molar-refractivity contribution is 5.25. The van der Waals surface area contributed by atoms with Gasteiger partial charge < -0.3 is 5.32 Å². The minimum atomic E-state index is -0.0885. The van der Waals surface area contributed by atoms with Crippen LogP contribution in [-0.2, 0) is 0 Å². The summed E-state index contributed by atoms with van der Waals surface area (Å²) in [4.78, 5) is 2.47. The van der Waals surface area contributed by atoms with E-state index in [9.17, 15) is 4.39 Å². The molecule has 1 N–H and O–H groups in total. The molecule has 106 valence electrons. The first-order valence-electron chi connectivity index (χ1n) is 7.26. The second-order valence-electron chi connectivity index (χ2n) is 5.72. The average Bonchev–Trinajstić information content (AvgIpc) is 2.42. The summed E-state index contributed by atoms with van der Waals surface area (Å²) in [5.74, 6) is 0.706. The molecule has 0 bridgehead atoms. The van der Waals surface area contributed by atoms with Crippen molar-refractivity contribution in [2.75, 3.05) is 26.7 Å². The zero-order valence-electron chi connectivity index (χ0n) is 12.2. The van der Waals surface area contributed by atoms with Crippen molar-refractivity contribution in [2.24, 2.45) is 5.92 Å². The molecule has 1 atom stereocenters. The van der Waals surface area contributed by atoms with Crippen molar-refractivity contribution in [2.45, 2.75) is 32.7 Å². The van der Waals surface area contributed by atoms with Crippen molar-refractivity contribution in [3.8, 4) is 0 Å². The average molecular weight is 264 g/mol. The van der Waals surface area contributed by atoms with Crippen molar-refractivity contribution in [1.82, 2.24) is 10.2 Å². The van der Waals surface area contributed by atoms with Gasteiger partial charge in [-0.3, -0.25) is 4.90 Å². The van der Waals surface area contributed by atoms with Crippen LogP contribution in [0.15, 0.2) is 18.2 Å². The molecule has 0 saturated carbocycles. The molecule has 19 heavy (non-hydrogen) atoms. The van der Waals surface area contributed by atoms with Crippen LogP contribution >= 0.6 is 0 Å². The fourth-order valence-electron chi connectivity index (χ4n) is 2.91. The Morgan fingerprint density at radius 1 is 1.37 bits per heavy atom. The maximum Gasteiger partial charge on any atom is 0.126 e. The number of hydrogen-bond donors (Lipinski definition) is 1. The molecule has 0 amide bonds. The molecule has 0 spiro atoms. The molecule has 1 aliphatic heterocycles. The Labute approximate surface area is 116 Å². The van der Waals surface area contributed by atoms with E-state index in [4.69, 9.17) is 0 Å². The molecule has 1 aromatic carbocycles. The van der Waals surface area contributed by atoms with Crippen LogP contribution in [0.3, 0.4) is 0 Å². The molecule has 1 fully saturated rings. The molecule has 1 saturated heterocycles. The molecule has 1 unspecified atom stereocenters. The van der Waals surface area contributed by atoms with Crippen LogP contribution in [0.2, 0.25) is 0 Å². The van der Waals surface area contributed by atoms with Crippen molar-refractivity contribution < 1.29 is 4.39 Å². The Morgan fingerprint density at radius 3 is 2.63 bits per heavy atom. The van der Waals surface area contributed by atoms with E-state index in [0.717, 1.165) is 36.7 Å². The summed E-state index contributed by atoms with van der Waals surface area (Å²) in [5.41, 5.74) is 1.82. The fourth-order valence-corrected chi connectivity index (χ4v) is 2.91. The largest absolute Gasteiger partial charge is 0.319 e. The van der Waals surface area contributed by atoms with E-state index in [1.807, 2.05) is 20.0 Å². The van der Waals surface area contributed by atoms with Crippen LogP contribution in [0.4, 0.5) is 4.39 Å². The third-order valence-electron chi connectivity index (χ3n) is 4.37. The Morgan fingerprint density at radius 2 is 2.05 bits per heavy atom. The van der Waals surface area contributed by atoms with Crippen molar-refractivity contribution in [3.05, 3.63) is 35.1 Å². The quantitative estimate of drug-likeness (QED) is 0.899. The Kier molecular flexibility index (Phi) is 4.94. The molecule has 0 aromatic heterocycles. The molecule has 2 rings (SSSR count). The van der Waals surface area contributed by atoms with Gasteiger partial charge in [-0.15, -0.1) is 0 Å². The van der Waals surface area contributed by atoms with Crippen LogP contribution in [0.1, 0.15) is 36.9 Å². The maximum atomic E-state index is 13.6. The van der Waals surface area contributed by atoms with Gasteiger partial charge in [0.1, 0.15) is 5.82 Å². The number of benzene rings is 1. The third-order valence-corrected chi connectivity index (χ3v) is 4.37. The van der Waals surface area contributed by atoms with Gasteiger partial charge in [0.15, 0.2) is 0 Å². The van der Waals surface area contributed by atoms with Crippen LogP contribution in [0.5, 0.6) is 0 Å². The standard InChI is InChI=1S/C16H25FN2/c1-12-4-5-15(10-16(12)17)13(2)19-8-6-14(7-9-19)11-18-3/h4-5,10,13-14,18H,6-9,11H2,1-3H3. The van der Waals surface area contributed by atoms with E-state index in [2.05, 4.69) is 23.2 Å². The Balaban J connectivity index is 1.97. The zero-order chi connectivity index (χ0) is 13.8. The summed E-state index contributed by atoms with van der Waals surface area (Å²) in [6, 6.07) is 5.95. The monoisotopic (exact) mass is 264 g/mol. The van der Waals surface area contributed by atoms with Crippen molar-refractivity contribution >= 4 is 0 Å². The molecule has 2 nitrogen and oxygen atoms in total. The number of piperidine rings is 1. The van der Waals surface area contributed by atoms with Crippen LogP contribution in [0.25, 0.3) is 0 Å². The Hall–Kier alpha value is -0.930. The van der Waals surface area contributed by atoms with Gasteiger partial charge >= 0.3 is 0 Å². The number of halogens is 1. The minimum Gasteiger partial charge on any atom is -0.319 e. The topological polar surface area (TPSA) is 15.3 Å². The molecule has 1 aromatic rings. The van der Waals surface area contributed by atoms with E-state index in [1.54, 1.807) is 6.07 Å². The smallest absolute Gasteiger partial charge is 0.126 e.